The Bertz CT molecular complexity index is 881. The molecule has 1 spiro atoms. The van der Waals surface area contributed by atoms with E-state index < -0.39 is 0 Å². The molecule has 0 unspecified atom stereocenters. The van der Waals surface area contributed by atoms with Crippen LogP contribution in [0.3, 0.4) is 0 Å². The fourth-order valence-electron chi connectivity index (χ4n) is 4.92. The highest BCUT2D eigenvalue weighted by molar-refractivity contribution is 6.02. The van der Waals surface area contributed by atoms with Crippen molar-refractivity contribution in [1.82, 2.24) is 9.91 Å². The minimum absolute atomic E-state index is 0.277. The van der Waals surface area contributed by atoms with Crippen LogP contribution in [0.15, 0.2) is 53.6 Å². The molecule has 0 N–H and O–H groups in total. The zero-order valence-electron chi connectivity index (χ0n) is 16.9. The van der Waals surface area contributed by atoms with E-state index in [9.17, 15) is 0 Å². The number of para-hydroxylation sites is 1. The monoisotopic (exact) mass is 375 g/mol. The number of likely N-dealkylation sites (tertiary alicyclic amines) is 1. The van der Waals surface area contributed by atoms with Gasteiger partial charge in [-0.05, 0) is 31.5 Å². The number of benzene rings is 2. The highest BCUT2D eigenvalue weighted by Crippen LogP contribution is 2.49. The zero-order valence-corrected chi connectivity index (χ0v) is 16.9. The maximum atomic E-state index is 6.70. The highest BCUT2D eigenvalue weighted by Gasteiger charge is 2.51. The molecule has 4 nitrogen and oxygen atoms in total. The average molecular weight is 376 g/mol. The van der Waals surface area contributed by atoms with Crippen LogP contribution in [-0.2, 0) is 0 Å². The SMILES string of the molecule is CCCN1CCC2(CC1)Oc1ccccc1[C@@H]1CC(c3ccc(C)cc3)=NN12. The molecule has 28 heavy (non-hydrogen) atoms. The van der Waals surface area contributed by atoms with Gasteiger partial charge in [0.15, 0.2) is 0 Å². The molecule has 1 fully saturated rings. The third-order valence-corrected chi connectivity index (χ3v) is 6.47. The van der Waals surface area contributed by atoms with Crippen molar-refractivity contribution in [2.45, 2.75) is 51.3 Å². The van der Waals surface area contributed by atoms with Crippen LogP contribution in [0.2, 0.25) is 0 Å². The molecule has 1 atom stereocenters. The van der Waals surface area contributed by atoms with E-state index in [-0.39, 0.29) is 11.8 Å². The molecule has 4 heteroatoms. The molecule has 1 saturated heterocycles. The minimum atomic E-state index is -0.310. The van der Waals surface area contributed by atoms with Crippen molar-refractivity contribution in [3.8, 4) is 5.75 Å². The van der Waals surface area contributed by atoms with E-state index in [1.807, 2.05) is 0 Å². The average Bonchev–Trinajstić information content (AvgIpc) is 3.17. The summed E-state index contributed by atoms with van der Waals surface area (Å²) in [6, 6.07) is 17.6. The number of hydrogen-bond acceptors (Lipinski definition) is 4. The molecule has 3 heterocycles. The maximum absolute atomic E-state index is 6.70. The van der Waals surface area contributed by atoms with Crippen molar-refractivity contribution in [2.24, 2.45) is 5.10 Å². The molecule has 2 aromatic carbocycles. The summed E-state index contributed by atoms with van der Waals surface area (Å²) in [6.07, 6.45) is 4.16. The number of hydrogen-bond donors (Lipinski definition) is 0. The first-order valence-corrected chi connectivity index (χ1v) is 10.6. The van der Waals surface area contributed by atoms with E-state index in [2.05, 4.69) is 72.3 Å². The normalized spacial score (nSPS) is 23.1. The van der Waals surface area contributed by atoms with E-state index in [4.69, 9.17) is 9.84 Å². The Balaban J connectivity index is 1.51. The Morgan fingerprint density at radius 1 is 1.07 bits per heavy atom. The molecule has 0 aliphatic carbocycles. The number of rotatable bonds is 3. The van der Waals surface area contributed by atoms with Gasteiger partial charge >= 0.3 is 0 Å². The number of hydrazone groups is 1. The van der Waals surface area contributed by atoms with Gasteiger partial charge in [0.2, 0.25) is 5.72 Å². The van der Waals surface area contributed by atoms with E-state index in [1.165, 1.54) is 35.4 Å². The van der Waals surface area contributed by atoms with Crippen molar-refractivity contribution >= 4 is 5.71 Å². The Hall–Kier alpha value is -2.33. The van der Waals surface area contributed by atoms with Crippen molar-refractivity contribution in [1.29, 1.82) is 0 Å². The summed E-state index contributed by atoms with van der Waals surface area (Å²) in [7, 11) is 0. The number of fused-ring (bicyclic) bond motifs is 4. The van der Waals surface area contributed by atoms with Crippen molar-refractivity contribution in [2.75, 3.05) is 19.6 Å². The molecule has 0 saturated carbocycles. The van der Waals surface area contributed by atoms with Gasteiger partial charge in [0, 0.05) is 37.9 Å². The molecule has 2 aromatic rings. The third kappa shape index (κ3) is 2.91. The molecular formula is C24H29N3O. The van der Waals surface area contributed by atoms with Crippen molar-refractivity contribution in [3.63, 3.8) is 0 Å². The van der Waals surface area contributed by atoms with Gasteiger partial charge in [0.1, 0.15) is 5.75 Å². The standard InChI is InChI=1S/C24H29N3O/c1-3-14-26-15-12-24(13-16-26)27-22(20-6-4-5-7-23(20)28-24)17-21(25-27)19-10-8-18(2)9-11-19/h4-11,22H,3,12-17H2,1-2H3/t22-/m0/s1. The second-order valence-corrected chi connectivity index (χ2v) is 8.40. The van der Waals surface area contributed by atoms with Crippen molar-refractivity contribution in [3.05, 3.63) is 65.2 Å². The Morgan fingerprint density at radius 3 is 2.57 bits per heavy atom. The molecule has 146 valence electrons. The second-order valence-electron chi connectivity index (χ2n) is 8.40. The lowest BCUT2D eigenvalue weighted by molar-refractivity contribution is -0.149. The maximum Gasteiger partial charge on any atom is 0.200 e. The Morgan fingerprint density at radius 2 is 1.82 bits per heavy atom. The zero-order chi connectivity index (χ0) is 19.1. The largest absolute Gasteiger partial charge is 0.466 e. The van der Waals surface area contributed by atoms with Crippen LogP contribution in [0.25, 0.3) is 0 Å². The van der Waals surface area contributed by atoms with E-state index in [0.717, 1.165) is 38.1 Å². The first-order valence-electron chi connectivity index (χ1n) is 10.6. The number of ether oxygens (including phenoxy) is 1. The van der Waals surface area contributed by atoms with Gasteiger partial charge in [-0.3, -0.25) is 0 Å². The number of aryl methyl sites for hydroxylation is 1. The van der Waals surface area contributed by atoms with Gasteiger partial charge in [-0.2, -0.15) is 5.10 Å². The van der Waals surface area contributed by atoms with Gasteiger partial charge < -0.3 is 9.64 Å². The van der Waals surface area contributed by atoms with Crippen LogP contribution in [-0.4, -0.2) is 41.0 Å². The summed E-state index contributed by atoms with van der Waals surface area (Å²) in [4.78, 5) is 2.56. The van der Waals surface area contributed by atoms with Crippen LogP contribution in [0.5, 0.6) is 5.75 Å². The second kappa shape index (κ2) is 6.93. The summed E-state index contributed by atoms with van der Waals surface area (Å²) >= 11 is 0. The van der Waals surface area contributed by atoms with Crippen LogP contribution < -0.4 is 4.74 Å². The lowest BCUT2D eigenvalue weighted by Crippen LogP contribution is -2.59. The van der Waals surface area contributed by atoms with Crippen LogP contribution in [0, 0.1) is 6.92 Å². The smallest absolute Gasteiger partial charge is 0.200 e. The molecule has 0 bridgehead atoms. The van der Waals surface area contributed by atoms with Gasteiger partial charge in [-0.1, -0.05) is 55.0 Å². The Kier molecular flexibility index (Phi) is 4.39. The van der Waals surface area contributed by atoms with Crippen LogP contribution in [0.4, 0.5) is 0 Å². The number of nitrogens with zero attached hydrogens (tertiary/aromatic N) is 3. The van der Waals surface area contributed by atoms with Crippen molar-refractivity contribution < 1.29 is 4.74 Å². The number of piperidine rings is 1. The summed E-state index contributed by atoms with van der Waals surface area (Å²) < 4.78 is 6.70. The first kappa shape index (κ1) is 17.7. The summed E-state index contributed by atoms with van der Waals surface area (Å²) in [6.45, 7) is 7.72. The highest BCUT2D eigenvalue weighted by atomic mass is 16.5. The topological polar surface area (TPSA) is 28.1 Å². The molecule has 3 aliphatic heterocycles. The summed E-state index contributed by atoms with van der Waals surface area (Å²) in [5.41, 5.74) is 4.66. The van der Waals surface area contributed by atoms with E-state index >= 15 is 0 Å². The Labute approximate surface area is 167 Å². The molecule has 5 rings (SSSR count). The molecule has 0 radical (unpaired) electrons. The van der Waals surface area contributed by atoms with Gasteiger partial charge in [0.25, 0.3) is 0 Å². The fourth-order valence-corrected chi connectivity index (χ4v) is 4.92. The molecule has 0 amide bonds. The predicted octanol–water partition coefficient (Wildman–Crippen LogP) is 4.74. The first-order chi connectivity index (χ1) is 13.7. The lowest BCUT2D eigenvalue weighted by Gasteiger charge is -2.51. The lowest BCUT2D eigenvalue weighted by atomic mass is 9.90. The van der Waals surface area contributed by atoms with E-state index in [0.29, 0.717) is 0 Å². The summed E-state index contributed by atoms with van der Waals surface area (Å²) in [5, 5.41) is 7.48. The van der Waals surface area contributed by atoms with Gasteiger partial charge in [0.05, 0.1) is 11.8 Å². The molecule has 3 aliphatic rings. The predicted molar refractivity (Wildman–Crippen MR) is 113 cm³/mol. The van der Waals surface area contributed by atoms with E-state index in [1.54, 1.807) is 0 Å². The van der Waals surface area contributed by atoms with Gasteiger partial charge in [-0.25, -0.2) is 5.01 Å². The quantitative estimate of drug-likeness (QED) is 0.776. The summed E-state index contributed by atoms with van der Waals surface area (Å²) in [5.74, 6) is 1.05. The van der Waals surface area contributed by atoms with Crippen LogP contribution in [0.1, 0.15) is 55.3 Å². The third-order valence-electron chi connectivity index (χ3n) is 6.47. The van der Waals surface area contributed by atoms with Gasteiger partial charge in [-0.15, -0.1) is 0 Å². The molecular weight excluding hydrogens is 346 g/mol. The fraction of sp³-hybridized carbons (Fsp3) is 0.458. The van der Waals surface area contributed by atoms with Crippen LogP contribution >= 0.6 is 0 Å². The molecule has 0 aromatic heterocycles. The minimum Gasteiger partial charge on any atom is -0.466 e.